The summed E-state index contributed by atoms with van der Waals surface area (Å²) in [5.41, 5.74) is 5.01. The number of thiocarbonyl (C=S) groups is 1. The summed E-state index contributed by atoms with van der Waals surface area (Å²) in [5.74, 6) is -0.0676. The molecule has 1 atom stereocenters. The molecule has 0 bridgehead atoms. The molecule has 0 radical (unpaired) electrons. The molecule has 92 valence electrons. The van der Waals surface area contributed by atoms with Crippen molar-refractivity contribution in [3.8, 4) is 0 Å². The highest BCUT2D eigenvalue weighted by Gasteiger charge is 2.52. The Labute approximate surface area is 114 Å². The molecule has 3 nitrogen and oxygen atoms in total. The molecule has 1 saturated carbocycles. The second-order valence-corrected chi connectivity index (χ2v) is 6.47. The quantitative estimate of drug-likeness (QED) is 0.838. The number of nitrogens with one attached hydrogen (secondary N) is 1. The second kappa shape index (κ2) is 4.55. The van der Waals surface area contributed by atoms with Crippen LogP contribution in [0.1, 0.15) is 30.7 Å². The number of hydrogen-bond donors (Lipinski definition) is 2. The van der Waals surface area contributed by atoms with Crippen molar-refractivity contribution in [3.63, 3.8) is 0 Å². The van der Waals surface area contributed by atoms with Crippen molar-refractivity contribution in [1.82, 2.24) is 5.32 Å². The highest BCUT2D eigenvalue weighted by molar-refractivity contribution is 7.80. The van der Waals surface area contributed by atoms with Gasteiger partial charge in [-0.3, -0.25) is 4.79 Å². The van der Waals surface area contributed by atoms with Crippen LogP contribution in [0.3, 0.4) is 0 Å². The predicted octanol–water partition coefficient (Wildman–Crippen LogP) is 2.65. The maximum Gasteiger partial charge on any atom is 0.233 e. The van der Waals surface area contributed by atoms with Gasteiger partial charge in [0.2, 0.25) is 5.91 Å². The Morgan fingerprint density at radius 3 is 2.71 bits per heavy atom. The van der Waals surface area contributed by atoms with Gasteiger partial charge in [-0.2, -0.15) is 0 Å². The second-order valence-electron chi connectivity index (χ2n) is 4.28. The summed E-state index contributed by atoms with van der Waals surface area (Å²) in [7, 11) is 0. The third kappa shape index (κ3) is 2.46. The molecule has 1 aliphatic carbocycles. The van der Waals surface area contributed by atoms with Gasteiger partial charge in [-0.15, -0.1) is 11.3 Å². The summed E-state index contributed by atoms with van der Waals surface area (Å²) in [6, 6.07) is 3.68. The van der Waals surface area contributed by atoms with E-state index in [2.05, 4.69) is 5.32 Å². The van der Waals surface area contributed by atoms with Crippen molar-refractivity contribution in [1.29, 1.82) is 0 Å². The van der Waals surface area contributed by atoms with Crippen LogP contribution in [0.2, 0.25) is 4.34 Å². The zero-order valence-corrected chi connectivity index (χ0v) is 11.7. The average Bonchev–Trinajstić information content (AvgIpc) is 2.96. The highest BCUT2D eigenvalue weighted by Crippen LogP contribution is 2.46. The van der Waals surface area contributed by atoms with Crippen LogP contribution >= 0.6 is 35.2 Å². The van der Waals surface area contributed by atoms with E-state index in [1.807, 2.05) is 19.1 Å². The Bertz CT molecular complexity index is 468. The van der Waals surface area contributed by atoms with E-state index in [1.165, 1.54) is 11.3 Å². The first-order valence-electron chi connectivity index (χ1n) is 5.32. The number of nitrogens with two attached hydrogens (primary N) is 1. The molecule has 1 heterocycles. The van der Waals surface area contributed by atoms with E-state index in [-0.39, 0.29) is 11.9 Å². The molecule has 6 heteroatoms. The van der Waals surface area contributed by atoms with E-state index < -0.39 is 5.41 Å². The lowest BCUT2D eigenvalue weighted by Crippen LogP contribution is -2.40. The van der Waals surface area contributed by atoms with Gasteiger partial charge in [0.1, 0.15) is 0 Å². The van der Waals surface area contributed by atoms with Gasteiger partial charge in [0.25, 0.3) is 0 Å². The fourth-order valence-electron chi connectivity index (χ4n) is 1.68. The summed E-state index contributed by atoms with van der Waals surface area (Å²) < 4.78 is 0.719. The molecule has 1 unspecified atom stereocenters. The molecule has 0 aromatic carbocycles. The van der Waals surface area contributed by atoms with Crippen LogP contribution < -0.4 is 11.1 Å². The van der Waals surface area contributed by atoms with Gasteiger partial charge in [-0.1, -0.05) is 23.8 Å². The summed E-state index contributed by atoms with van der Waals surface area (Å²) in [6.45, 7) is 1.93. The van der Waals surface area contributed by atoms with Crippen molar-refractivity contribution < 1.29 is 4.79 Å². The lowest BCUT2D eigenvalue weighted by atomic mass is 10.1. The third-order valence-electron chi connectivity index (χ3n) is 3.02. The lowest BCUT2D eigenvalue weighted by molar-refractivity contribution is -0.124. The van der Waals surface area contributed by atoms with E-state index in [9.17, 15) is 4.79 Å². The fraction of sp³-hybridized carbons (Fsp3) is 0.455. The van der Waals surface area contributed by atoms with Crippen LogP contribution in [0.5, 0.6) is 0 Å². The fourth-order valence-corrected chi connectivity index (χ4v) is 3.04. The first-order valence-corrected chi connectivity index (χ1v) is 6.92. The molecule has 1 fully saturated rings. The molecular formula is C11H13ClN2OS2. The SMILES string of the molecule is CC(NC(=O)C1(C(N)=S)CC1)c1ccc(Cl)s1. The number of amides is 1. The number of carbonyl (C=O) groups is 1. The van der Waals surface area contributed by atoms with Crippen LogP contribution in [-0.2, 0) is 4.79 Å². The predicted molar refractivity (Wildman–Crippen MR) is 74.3 cm³/mol. The Balaban J connectivity index is 2.02. The summed E-state index contributed by atoms with van der Waals surface area (Å²) in [5, 5.41) is 2.94. The molecule has 1 aromatic rings. The molecule has 0 aliphatic heterocycles. The van der Waals surface area contributed by atoms with Crippen LogP contribution in [0, 0.1) is 5.41 Å². The van der Waals surface area contributed by atoms with Crippen LogP contribution in [0.15, 0.2) is 12.1 Å². The molecule has 3 N–H and O–H groups in total. The molecule has 1 aromatic heterocycles. The van der Waals surface area contributed by atoms with Gasteiger partial charge in [0, 0.05) is 4.88 Å². The Hall–Kier alpha value is -0.650. The largest absolute Gasteiger partial charge is 0.392 e. The molecule has 0 spiro atoms. The van der Waals surface area contributed by atoms with Crippen molar-refractivity contribution in [2.75, 3.05) is 0 Å². The number of halogens is 1. The van der Waals surface area contributed by atoms with Crippen molar-refractivity contribution in [2.45, 2.75) is 25.8 Å². The normalized spacial score (nSPS) is 18.5. The summed E-state index contributed by atoms with van der Waals surface area (Å²) in [6.07, 6.45) is 1.51. The first kappa shape index (κ1) is 12.8. The van der Waals surface area contributed by atoms with E-state index in [1.54, 1.807) is 0 Å². The maximum atomic E-state index is 12.1. The zero-order chi connectivity index (χ0) is 12.6. The van der Waals surface area contributed by atoms with Crippen molar-refractivity contribution >= 4 is 46.1 Å². The minimum Gasteiger partial charge on any atom is -0.392 e. The highest BCUT2D eigenvalue weighted by atomic mass is 35.5. The standard InChI is InChI=1S/C11H13ClN2OS2/c1-6(7-2-3-8(12)17-7)14-10(15)11(4-5-11)9(13)16/h2-3,6H,4-5H2,1H3,(H2,13,16)(H,14,15). The van der Waals surface area contributed by atoms with E-state index in [0.29, 0.717) is 4.99 Å². The molecule has 1 amide bonds. The monoisotopic (exact) mass is 288 g/mol. The molecule has 1 aliphatic rings. The van der Waals surface area contributed by atoms with E-state index >= 15 is 0 Å². The van der Waals surface area contributed by atoms with Crippen LogP contribution in [0.25, 0.3) is 0 Å². The number of rotatable bonds is 4. The van der Waals surface area contributed by atoms with Gasteiger partial charge in [-0.05, 0) is 31.9 Å². The zero-order valence-electron chi connectivity index (χ0n) is 9.33. The minimum absolute atomic E-state index is 0.0631. The summed E-state index contributed by atoms with van der Waals surface area (Å²) in [4.78, 5) is 13.4. The topological polar surface area (TPSA) is 55.1 Å². The Morgan fingerprint density at radius 1 is 1.65 bits per heavy atom. The number of hydrogen-bond acceptors (Lipinski definition) is 3. The van der Waals surface area contributed by atoms with Gasteiger partial charge >= 0.3 is 0 Å². The Kier molecular flexibility index (Phi) is 3.43. The van der Waals surface area contributed by atoms with Gasteiger partial charge < -0.3 is 11.1 Å². The van der Waals surface area contributed by atoms with Gasteiger partial charge in [0.15, 0.2) is 0 Å². The smallest absolute Gasteiger partial charge is 0.233 e. The van der Waals surface area contributed by atoms with Crippen LogP contribution in [-0.4, -0.2) is 10.9 Å². The van der Waals surface area contributed by atoms with Crippen molar-refractivity contribution in [2.24, 2.45) is 11.1 Å². The molecule has 2 rings (SSSR count). The van der Waals surface area contributed by atoms with Crippen LogP contribution in [0.4, 0.5) is 0 Å². The molecular weight excluding hydrogens is 276 g/mol. The summed E-state index contributed by atoms with van der Waals surface area (Å²) >= 11 is 12.3. The first-order chi connectivity index (χ1) is 7.95. The Morgan fingerprint density at radius 2 is 2.29 bits per heavy atom. The minimum atomic E-state index is -0.593. The maximum absolute atomic E-state index is 12.1. The van der Waals surface area contributed by atoms with E-state index in [0.717, 1.165) is 22.1 Å². The number of carbonyl (C=O) groups excluding carboxylic acids is 1. The third-order valence-corrected chi connectivity index (χ3v) is 4.83. The number of thiophene rings is 1. The van der Waals surface area contributed by atoms with Crippen molar-refractivity contribution in [3.05, 3.63) is 21.3 Å². The van der Waals surface area contributed by atoms with E-state index in [4.69, 9.17) is 29.6 Å². The van der Waals surface area contributed by atoms with Gasteiger partial charge in [0.05, 0.1) is 20.8 Å². The lowest BCUT2D eigenvalue weighted by Gasteiger charge is -2.17. The van der Waals surface area contributed by atoms with Gasteiger partial charge in [-0.25, -0.2) is 0 Å². The molecule has 17 heavy (non-hydrogen) atoms. The average molecular weight is 289 g/mol. The molecule has 0 saturated heterocycles.